The van der Waals surface area contributed by atoms with Crippen molar-refractivity contribution in [2.75, 3.05) is 0 Å². The van der Waals surface area contributed by atoms with Gasteiger partial charge in [-0.25, -0.2) is 4.99 Å². The van der Waals surface area contributed by atoms with Crippen LogP contribution in [-0.4, -0.2) is 11.1 Å². The number of rotatable bonds is 2. The minimum atomic E-state index is -0.165. The molecule has 0 aromatic heterocycles. The maximum absolute atomic E-state index is 12.3. The highest BCUT2D eigenvalue weighted by Gasteiger charge is 2.24. The molecule has 1 aliphatic rings. The molecule has 25 heavy (non-hydrogen) atoms. The second-order valence-electron chi connectivity index (χ2n) is 5.87. The number of amides is 1. The molecule has 128 valence electrons. The average Bonchev–Trinajstić information content (AvgIpc) is 2.87. The number of benzene rings is 2. The zero-order chi connectivity index (χ0) is 18.1. The Kier molecular flexibility index (Phi) is 5.23. The van der Waals surface area contributed by atoms with E-state index in [1.165, 1.54) is 17.3 Å². The molecule has 1 fully saturated rings. The first-order chi connectivity index (χ1) is 11.8. The first-order valence-electron chi connectivity index (χ1n) is 7.66. The molecule has 0 atom stereocenters. The molecule has 0 bridgehead atoms. The summed E-state index contributed by atoms with van der Waals surface area (Å²) in [5, 5.41) is 4.06. The molecule has 0 radical (unpaired) electrons. The summed E-state index contributed by atoms with van der Waals surface area (Å²) in [5.41, 5.74) is 5.08. The van der Waals surface area contributed by atoms with E-state index in [4.69, 9.17) is 23.2 Å². The molecule has 3 rings (SSSR count). The van der Waals surface area contributed by atoms with E-state index in [0.717, 1.165) is 16.7 Å². The quantitative estimate of drug-likeness (QED) is 0.657. The number of halogens is 2. The smallest absolute Gasteiger partial charge is 0.264 e. The Morgan fingerprint density at radius 1 is 1.12 bits per heavy atom. The highest BCUT2D eigenvalue weighted by atomic mass is 35.5. The van der Waals surface area contributed by atoms with Crippen molar-refractivity contribution in [3.63, 3.8) is 0 Å². The minimum Gasteiger partial charge on any atom is -0.300 e. The van der Waals surface area contributed by atoms with Crippen LogP contribution in [0.15, 0.2) is 40.2 Å². The molecule has 6 heteroatoms. The van der Waals surface area contributed by atoms with Gasteiger partial charge < -0.3 is 5.32 Å². The molecular formula is C19H16Cl2N2OS. The molecule has 0 unspecified atom stereocenters. The number of carbonyl (C=O) groups is 1. The predicted octanol–water partition coefficient (Wildman–Crippen LogP) is 5.81. The molecule has 1 saturated heterocycles. The normalized spacial score (nSPS) is 17.4. The van der Waals surface area contributed by atoms with E-state index in [9.17, 15) is 4.79 Å². The molecule has 1 N–H and O–H groups in total. The molecule has 0 saturated carbocycles. The monoisotopic (exact) mass is 390 g/mol. The number of thioether (sulfide) groups is 1. The SMILES string of the molecule is Cc1cc(C)c(/C=C2/SC(=Nc3cccc(Cl)c3Cl)NC2=O)c(C)c1. The van der Waals surface area contributed by atoms with Gasteiger partial charge in [0.25, 0.3) is 5.91 Å². The van der Waals surface area contributed by atoms with Gasteiger partial charge in [0, 0.05) is 0 Å². The summed E-state index contributed by atoms with van der Waals surface area (Å²) in [4.78, 5) is 17.3. The second-order valence-corrected chi connectivity index (χ2v) is 7.68. The van der Waals surface area contributed by atoms with Crippen LogP contribution in [0.3, 0.4) is 0 Å². The van der Waals surface area contributed by atoms with E-state index in [2.05, 4.69) is 29.4 Å². The van der Waals surface area contributed by atoms with E-state index < -0.39 is 0 Å². The van der Waals surface area contributed by atoms with Gasteiger partial charge in [-0.15, -0.1) is 0 Å². The predicted molar refractivity (Wildman–Crippen MR) is 108 cm³/mol. The first kappa shape index (κ1) is 18.1. The highest BCUT2D eigenvalue weighted by molar-refractivity contribution is 8.18. The van der Waals surface area contributed by atoms with Crippen molar-refractivity contribution in [2.45, 2.75) is 20.8 Å². The van der Waals surface area contributed by atoms with Crippen molar-refractivity contribution in [2.24, 2.45) is 4.99 Å². The van der Waals surface area contributed by atoms with Crippen LogP contribution in [0.1, 0.15) is 22.3 Å². The Bertz CT molecular complexity index is 912. The second kappa shape index (κ2) is 7.24. The molecule has 2 aromatic rings. The lowest BCUT2D eigenvalue weighted by Crippen LogP contribution is -2.19. The van der Waals surface area contributed by atoms with Crippen molar-refractivity contribution < 1.29 is 4.79 Å². The van der Waals surface area contributed by atoms with E-state index in [1.54, 1.807) is 18.2 Å². The number of hydrogen-bond donors (Lipinski definition) is 1. The zero-order valence-electron chi connectivity index (χ0n) is 14.0. The van der Waals surface area contributed by atoms with Crippen molar-refractivity contribution in [3.05, 3.63) is 67.5 Å². The first-order valence-corrected chi connectivity index (χ1v) is 9.24. The lowest BCUT2D eigenvalue weighted by molar-refractivity contribution is -0.115. The van der Waals surface area contributed by atoms with Gasteiger partial charge in [0.05, 0.1) is 20.6 Å². The van der Waals surface area contributed by atoms with Crippen LogP contribution in [0.25, 0.3) is 6.08 Å². The fourth-order valence-corrected chi connectivity index (χ4v) is 3.87. The Hall–Kier alpha value is -1.75. The van der Waals surface area contributed by atoms with E-state index >= 15 is 0 Å². The third kappa shape index (κ3) is 3.92. The van der Waals surface area contributed by atoms with Crippen LogP contribution in [0.4, 0.5) is 5.69 Å². The molecule has 0 spiro atoms. The minimum absolute atomic E-state index is 0.165. The van der Waals surface area contributed by atoms with Gasteiger partial charge in [0.1, 0.15) is 0 Å². The van der Waals surface area contributed by atoms with Gasteiger partial charge >= 0.3 is 0 Å². The van der Waals surface area contributed by atoms with Crippen LogP contribution in [0.2, 0.25) is 10.0 Å². The summed E-state index contributed by atoms with van der Waals surface area (Å²) in [6.07, 6.45) is 1.91. The maximum atomic E-state index is 12.3. The molecule has 0 aliphatic carbocycles. The van der Waals surface area contributed by atoms with Crippen molar-refractivity contribution >= 4 is 57.8 Å². The summed E-state index contributed by atoms with van der Waals surface area (Å²) in [7, 11) is 0. The topological polar surface area (TPSA) is 41.5 Å². The number of nitrogens with zero attached hydrogens (tertiary/aromatic N) is 1. The molecule has 2 aromatic carbocycles. The van der Waals surface area contributed by atoms with Gasteiger partial charge in [-0.3, -0.25) is 4.79 Å². The largest absolute Gasteiger partial charge is 0.300 e. The van der Waals surface area contributed by atoms with Crippen LogP contribution < -0.4 is 5.32 Å². The molecule has 1 amide bonds. The van der Waals surface area contributed by atoms with Crippen LogP contribution in [0.5, 0.6) is 0 Å². The molecular weight excluding hydrogens is 375 g/mol. The molecule has 1 heterocycles. The molecule has 3 nitrogen and oxygen atoms in total. The lowest BCUT2D eigenvalue weighted by Gasteiger charge is -2.07. The number of aryl methyl sites for hydroxylation is 3. The summed E-state index contributed by atoms with van der Waals surface area (Å²) in [6, 6.07) is 9.44. The average molecular weight is 391 g/mol. The number of carbonyl (C=O) groups excluding carboxylic acids is 1. The van der Waals surface area contributed by atoms with Crippen molar-refractivity contribution in [1.29, 1.82) is 0 Å². The summed E-state index contributed by atoms with van der Waals surface area (Å²) in [5.74, 6) is -0.165. The Balaban J connectivity index is 1.93. The van der Waals surface area contributed by atoms with Crippen LogP contribution in [0, 0.1) is 20.8 Å². The third-order valence-electron chi connectivity index (χ3n) is 3.82. The Labute approximate surface area is 161 Å². The van der Waals surface area contributed by atoms with E-state index in [0.29, 0.717) is 25.8 Å². The highest BCUT2D eigenvalue weighted by Crippen LogP contribution is 2.35. The Morgan fingerprint density at radius 2 is 1.80 bits per heavy atom. The Morgan fingerprint density at radius 3 is 2.48 bits per heavy atom. The lowest BCUT2D eigenvalue weighted by atomic mass is 9.99. The van der Waals surface area contributed by atoms with Gasteiger partial charge in [-0.1, -0.05) is 47.0 Å². The summed E-state index contributed by atoms with van der Waals surface area (Å²) in [6.45, 7) is 6.16. The summed E-state index contributed by atoms with van der Waals surface area (Å²) < 4.78 is 0. The maximum Gasteiger partial charge on any atom is 0.264 e. The summed E-state index contributed by atoms with van der Waals surface area (Å²) >= 11 is 13.5. The third-order valence-corrected chi connectivity index (χ3v) is 5.54. The fraction of sp³-hybridized carbons (Fsp3) is 0.158. The van der Waals surface area contributed by atoms with Crippen molar-refractivity contribution in [1.82, 2.24) is 5.32 Å². The number of hydrogen-bond acceptors (Lipinski definition) is 3. The molecule has 1 aliphatic heterocycles. The van der Waals surface area contributed by atoms with Gasteiger partial charge in [0.15, 0.2) is 5.17 Å². The zero-order valence-corrected chi connectivity index (χ0v) is 16.3. The number of aliphatic imine (C=N–C) groups is 1. The van der Waals surface area contributed by atoms with Crippen LogP contribution in [-0.2, 0) is 4.79 Å². The van der Waals surface area contributed by atoms with E-state index in [-0.39, 0.29) is 5.91 Å². The number of amidine groups is 1. The van der Waals surface area contributed by atoms with Crippen LogP contribution >= 0.6 is 35.0 Å². The standard InChI is InChI=1S/C19H16Cl2N2OS/c1-10-7-11(2)13(12(3)8-10)9-16-18(24)23-19(25-16)22-15-6-4-5-14(20)17(15)21/h4-9H,1-3H3,(H,22,23,24)/b16-9+. The van der Waals surface area contributed by atoms with Crippen molar-refractivity contribution in [3.8, 4) is 0 Å². The van der Waals surface area contributed by atoms with Gasteiger partial charge in [-0.2, -0.15) is 0 Å². The van der Waals surface area contributed by atoms with Gasteiger partial charge in [0.2, 0.25) is 0 Å². The van der Waals surface area contributed by atoms with E-state index in [1.807, 2.05) is 19.9 Å². The van der Waals surface area contributed by atoms with Gasteiger partial charge in [-0.05, 0) is 67.4 Å². The number of nitrogens with one attached hydrogen (secondary N) is 1. The fourth-order valence-electron chi connectivity index (χ4n) is 2.72.